The number of aromatic nitrogens is 2. The first-order chi connectivity index (χ1) is 13.7. The summed E-state index contributed by atoms with van der Waals surface area (Å²) in [6.45, 7) is 5.08. The molecule has 0 spiro atoms. The molecule has 150 valence electrons. The molecule has 0 saturated carbocycles. The van der Waals surface area contributed by atoms with Crippen LogP contribution < -0.4 is 10.6 Å². The van der Waals surface area contributed by atoms with Crippen molar-refractivity contribution in [1.82, 2.24) is 25.7 Å². The van der Waals surface area contributed by atoms with Crippen molar-refractivity contribution < 1.29 is 9.32 Å². The number of likely N-dealkylation sites (tertiary alicyclic amines) is 1. The maximum absolute atomic E-state index is 12.1. The van der Waals surface area contributed by atoms with Crippen molar-refractivity contribution in [3.05, 3.63) is 35.2 Å². The lowest BCUT2D eigenvalue weighted by Crippen LogP contribution is -2.39. The van der Waals surface area contributed by atoms with Gasteiger partial charge in [-0.1, -0.05) is 16.8 Å². The van der Waals surface area contributed by atoms with Crippen LogP contribution in [0.4, 0.5) is 0 Å². The van der Waals surface area contributed by atoms with Crippen LogP contribution >= 0.6 is 11.6 Å². The lowest BCUT2D eigenvalue weighted by Gasteiger charge is -2.15. The Hall–Kier alpha value is -2.61. The van der Waals surface area contributed by atoms with Crippen molar-refractivity contribution in [2.45, 2.75) is 26.2 Å². The zero-order valence-corrected chi connectivity index (χ0v) is 16.7. The molecule has 1 aliphatic heterocycles. The van der Waals surface area contributed by atoms with Crippen molar-refractivity contribution in [2.24, 2.45) is 4.99 Å². The summed E-state index contributed by atoms with van der Waals surface area (Å²) in [6, 6.07) is 7.28. The second kappa shape index (κ2) is 10.1. The van der Waals surface area contributed by atoms with E-state index in [9.17, 15) is 4.79 Å². The summed E-state index contributed by atoms with van der Waals surface area (Å²) >= 11 is 5.90. The number of rotatable bonds is 7. The summed E-state index contributed by atoms with van der Waals surface area (Å²) in [7, 11) is 0. The Morgan fingerprint density at radius 3 is 2.71 bits per heavy atom. The predicted molar refractivity (Wildman–Crippen MR) is 108 cm³/mol. The first-order valence-corrected chi connectivity index (χ1v) is 9.92. The Labute approximate surface area is 169 Å². The van der Waals surface area contributed by atoms with Gasteiger partial charge in [-0.15, -0.1) is 0 Å². The van der Waals surface area contributed by atoms with Gasteiger partial charge in [0.1, 0.15) is 6.54 Å². The average molecular weight is 405 g/mol. The molecule has 2 heterocycles. The van der Waals surface area contributed by atoms with E-state index in [1.54, 1.807) is 12.1 Å². The van der Waals surface area contributed by atoms with Gasteiger partial charge in [-0.05, 0) is 44.0 Å². The van der Waals surface area contributed by atoms with E-state index in [1.807, 2.05) is 24.0 Å². The fourth-order valence-corrected chi connectivity index (χ4v) is 3.04. The molecule has 0 bridgehead atoms. The summed E-state index contributed by atoms with van der Waals surface area (Å²) in [4.78, 5) is 22.8. The number of hydrogen-bond donors (Lipinski definition) is 2. The summed E-state index contributed by atoms with van der Waals surface area (Å²) in [5.74, 6) is 1.73. The van der Waals surface area contributed by atoms with E-state index >= 15 is 0 Å². The van der Waals surface area contributed by atoms with Crippen molar-refractivity contribution in [1.29, 1.82) is 0 Å². The van der Waals surface area contributed by atoms with Gasteiger partial charge in [0.25, 0.3) is 0 Å². The number of hydrogen-bond acceptors (Lipinski definition) is 5. The summed E-state index contributed by atoms with van der Waals surface area (Å²) in [5, 5.41) is 11.0. The number of aliphatic imine (C=N–C) groups is 1. The minimum Gasteiger partial charge on any atom is -0.357 e. The van der Waals surface area contributed by atoms with Gasteiger partial charge in [0.05, 0.1) is 0 Å². The molecule has 9 heteroatoms. The molecule has 2 N–H and O–H groups in total. The second-order valence-electron chi connectivity index (χ2n) is 6.48. The van der Waals surface area contributed by atoms with Crippen molar-refractivity contribution in [3.63, 3.8) is 0 Å². The molecule has 3 rings (SSSR count). The number of guanidine groups is 1. The Bertz CT molecular complexity index is 799. The molecule has 28 heavy (non-hydrogen) atoms. The van der Waals surface area contributed by atoms with Gasteiger partial charge in [0.15, 0.2) is 5.96 Å². The van der Waals surface area contributed by atoms with E-state index in [1.165, 1.54) is 0 Å². The van der Waals surface area contributed by atoms with E-state index < -0.39 is 0 Å². The third-order valence-corrected chi connectivity index (χ3v) is 4.63. The number of carbonyl (C=O) groups is 1. The summed E-state index contributed by atoms with van der Waals surface area (Å²) < 4.78 is 5.30. The van der Waals surface area contributed by atoms with Crippen LogP contribution in [0, 0.1) is 0 Å². The summed E-state index contributed by atoms with van der Waals surface area (Å²) in [5.41, 5.74) is 0.850. The molecule has 1 aromatic carbocycles. The molecule has 0 atom stereocenters. The number of nitrogens with zero attached hydrogens (tertiary/aromatic N) is 4. The fourth-order valence-electron chi connectivity index (χ4n) is 2.92. The maximum Gasteiger partial charge on any atom is 0.244 e. The zero-order valence-electron chi connectivity index (χ0n) is 15.9. The minimum absolute atomic E-state index is 0.0687. The van der Waals surface area contributed by atoms with Crippen LogP contribution in [0.2, 0.25) is 5.02 Å². The number of carbonyl (C=O) groups excluding carboxylic acids is 1. The minimum atomic E-state index is 0.0687. The third kappa shape index (κ3) is 5.69. The van der Waals surface area contributed by atoms with Crippen LogP contribution in [0.1, 0.15) is 25.7 Å². The lowest BCUT2D eigenvalue weighted by atomic mass is 10.2. The monoisotopic (exact) mass is 404 g/mol. The summed E-state index contributed by atoms with van der Waals surface area (Å²) in [6.07, 6.45) is 2.71. The molecule has 1 saturated heterocycles. The van der Waals surface area contributed by atoms with Crippen LogP contribution in [-0.2, 0) is 11.2 Å². The van der Waals surface area contributed by atoms with E-state index in [0.717, 1.165) is 31.5 Å². The quantitative estimate of drug-likeness (QED) is 0.542. The van der Waals surface area contributed by atoms with E-state index in [2.05, 4.69) is 25.8 Å². The highest BCUT2D eigenvalue weighted by Gasteiger charge is 2.17. The number of amides is 1. The number of nitrogens with one attached hydrogen (secondary N) is 2. The highest BCUT2D eigenvalue weighted by molar-refractivity contribution is 6.30. The Morgan fingerprint density at radius 2 is 2.00 bits per heavy atom. The van der Waals surface area contributed by atoms with Crippen molar-refractivity contribution in [3.8, 4) is 11.4 Å². The van der Waals surface area contributed by atoms with Gasteiger partial charge < -0.3 is 20.1 Å². The molecule has 0 unspecified atom stereocenters. The molecular formula is C19H25ClN6O2. The number of benzene rings is 1. The van der Waals surface area contributed by atoms with E-state index in [0.29, 0.717) is 42.2 Å². The highest BCUT2D eigenvalue weighted by Crippen LogP contribution is 2.18. The van der Waals surface area contributed by atoms with Gasteiger partial charge >= 0.3 is 0 Å². The fraction of sp³-hybridized carbons (Fsp3) is 0.474. The van der Waals surface area contributed by atoms with Crippen LogP contribution in [0.3, 0.4) is 0 Å². The topological polar surface area (TPSA) is 95.7 Å². The standard InChI is InChI=1S/C19H25ClN6O2/c1-2-21-19(23-13-17(27)26-11-3-4-12-26)22-10-9-16-24-18(25-28-16)14-5-7-15(20)8-6-14/h5-8H,2-4,9-13H2,1H3,(H2,21,22,23). The first-order valence-electron chi connectivity index (χ1n) is 9.54. The molecule has 1 fully saturated rings. The Balaban J connectivity index is 1.49. The normalized spacial score (nSPS) is 14.4. The maximum atomic E-state index is 12.1. The Morgan fingerprint density at radius 1 is 1.25 bits per heavy atom. The van der Waals surface area contributed by atoms with E-state index in [4.69, 9.17) is 16.1 Å². The van der Waals surface area contributed by atoms with Crippen molar-refractivity contribution >= 4 is 23.5 Å². The lowest BCUT2D eigenvalue weighted by molar-refractivity contribution is -0.128. The smallest absolute Gasteiger partial charge is 0.244 e. The van der Waals surface area contributed by atoms with Crippen LogP contribution in [0.15, 0.2) is 33.8 Å². The molecule has 1 amide bonds. The van der Waals surface area contributed by atoms with Gasteiger partial charge in [0, 0.05) is 43.2 Å². The van der Waals surface area contributed by atoms with Gasteiger partial charge in [0.2, 0.25) is 17.6 Å². The van der Waals surface area contributed by atoms with Crippen LogP contribution in [0.25, 0.3) is 11.4 Å². The van der Waals surface area contributed by atoms with Gasteiger partial charge in [-0.2, -0.15) is 4.98 Å². The largest absolute Gasteiger partial charge is 0.357 e. The Kier molecular flexibility index (Phi) is 7.25. The highest BCUT2D eigenvalue weighted by atomic mass is 35.5. The van der Waals surface area contributed by atoms with Crippen molar-refractivity contribution in [2.75, 3.05) is 32.7 Å². The van der Waals surface area contributed by atoms with Crippen LogP contribution in [-0.4, -0.2) is 59.6 Å². The molecule has 1 aromatic heterocycles. The molecule has 1 aliphatic rings. The van der Waals surface area contributed by atoms with Gasteiger partial charge in [-0.3, -0.25) is 4.79 Å². The first kappa shape index (κ1) is 20.1. The molecule has 8 nitrogen and oxygen atoms in total. The third-order valence-electron chi connectivity index (χ3n) is 4.38. The predicted octanol–water partition coefficient (Wildman–Crippen LogP) is 2.11. The van der Waals surface area contributed by atoms with Crippen LogP contribution in [0.5, 0.6) is 0 Å². The second-order valence-corrected chi connectivity index (χ2v) is 6.91. The SMILES string of the molecule is CCNC(=NCC(=O)N1CCCC1)NCCc1nc(-c2ccc(Cl)cc2)no1. The zero-order chi connectivity index (χ0) is 19.8. The molecular weight excluding hydrogens is 380 g/mol. The molecule has 0 radical (unpaired) electrons. The van der Waals surface area contributed by atoms with E-state index in [-0.39, 0.29) is 12.5 Å². The van der Waals surface area contributed by atoms with Gasteiger partial charge in [-0.25, -0.2) is 4.99 Å². The molecule has 2 aromatic rings. The molecule has 0 aliphatic carbocycles. The number of halogens is 1. The average Bonchev–Trinajstić information content (AvgIpc) is 3.39.